The van der Waals surface area contributed by atoms with E-state index in [0.29, 0.717) is 55.5 Å². The maximum Gasteiger partial charge on any atom is 0.243 e. The molecule has 0 atom stereocenters. The molecule has 0 saturated carbocycles. The van der Waals surface area contributed by atoms with Gasteiger partial charge in [0.05, 0.1) is 18.6 Å². The minimum absolute atomic E-state index is 0.136. The Morgan fingerprint density at radius 1 is 0.972 bits per heavy atom. The molecule has 2 saturated heterocycles. The molecule has 4 rings (SSSR count). The minimum atomic E-state index is -3.64. The summed E-state index contributed by atoms with van der Waals surface area (Å²) in [7, 11) is -2.09. The van der Waals surface area contributed by atoms with Crippen LogP contribution in [0.2, 0.25) is 5.02 Å². The Bertz CT molecular complexity index is 1160. The molecule has 36 heavy (non-hydrogen) atoms. The van der Waals surface area contributed by atoms with Crippen LogP contribution in [0.3, 0.4) is 0 Å². The standard InChI is InChI=1S/C27H35ClN2O5S/c1-21-18-23(8-11-25(21)28)35-20-27(19-26(31)29-14-4-3-5-15-29)12-16-30(17-13-27)36(32,33)24-9-6-22(34-2)7-10-24/h6-11,18H,3-5,12-17,19-20H2,1-2H3. The smallest absolute Gasteiger partial charge is 0.243 e. The van der Waals surface area contributed by atoms with Gasteiger partial charge in [0.1, 0.15) is 11.5 Å². The molecule has 0 aromatic heterocycles. The van der Waals surface area contributed by atoms with Gasteiger partial charge in [0.25, 0.3) is 0 Å². The van der Waals surface area contributed by atoms with E-state index in [4.69, 9.17) is 21.1 Å². The molecule has 2 aromatic rings. The van der Waals surface area contributed by atoms with Gasteiger partial charge in [0.2, 0.25) is 15.9 Å². The monoisotopic (exact) mass is 534 g/mol. The van der Waals surface area contributed by atoms with Crippen LogP contribution in [0.15, 0.2) is 47.4 Å². The molecule has 196 valence electrons. The molecule has 0 unspecified atom stereocenters. The lowest BCUT2D eigenvalue weighted by Crippen LogP contribution is -2.48. The van der Waals surface area contributed by atoms with Crippen LogP contribution in [0.5, 0.6) is 11.5 Å². The van der Waals surface area contributed by atoms with E-state index in [9.17, 15) is 13.2 Å². The first kappa shape index (κ1) is 26.8. The van der Waals surface area contributed by atoms with Crippen molar-refractivity contribution in [1.82, 2.24) is 9.21 Å². The van der Waals surface area contributed by atoms with Crippen molar-refractivity contribution in [2.24, 2.45) is 5.41 Å². The van der Waals surface area contributed by atoms with Crippen LogP contribution in [0.25, 0.3) is 0 Å². The largest absolute Gasteiger partial charge is 0.497 e. The molecular formula is C27H35ClN2O5S. The average molecular weight is 535 g/mol. The van der Waals surface area contributed by atoms with Crippen LogP contribution in [0.1, 0.15) is 44.1 Å². The van der Waals surface area contributed by atoms with Crippen molar-refractivity contribution in [3.63, 3.8) is 0 Å². The molecule has 2 aliphatic heterocycles. The third-order valence-corrected chi connectivity index (χ3v) is 9.73. The molecular weight excluding hydrogens is 500 g/mol. The number of piperidine rings is 2. The number of halogens is 1. The van der Waals surface area contributed by atoms with Gasteiger partial charge in [-0.1, -0.05) is 11.6 Å². The highest BCUT2D eigenvalue weighted by atomic mass is 35.5. The number of sulfonamides is 1. The molecule has 0 spiro atoms. The van der Waals surface area contributed by atoms with Gasteiger partial charge < -0.3 is 14.4 Å². The Balaban J connectivity index is 1.49. The number of rotatable bonds is 8. The van der Waals surface area contributed by atoms with Gasteiger partial charge in [-0.15, -0.1) is 0 Å². The zero-order valence-electron chi connectivity index (χ0n) is 21.0. The van der Waals surface area contributed by atoms with Crippen molar-refractivity contribution in [2.75, 3.05) is 39.9 Å². The van der Waals surface area contributed by atoms with E-state index in [1.165, 1.54) is 4.31 Å². The first-order valence-corrected chi connectivity index (χ1v) is 14.4. The second-order valence-electron chi connectivity index (χ2n) is 9.90. The summed E-state index contributed by atoms with van der Waals surface area (Å²) in [4.78, 5) is 15.5. The van der Waals surface area contributed by atoms with Crippen LogP contribution < -0.4 is 9.47 Å². The highest BCUT2D eigenvalue weighted by Crippen LogP contribution is 2.39. The van der Waals surface area contributed by atoms with Crippen molar-refractivity contribution >= 4 is 27.5 Å². The third-order valence-electron chi connectivity index (χ3n) is 7.39. The van der Waals surface area contributed by atoms with Crippen LogP contribution in [-0.2, 0) is 14.8 Å². The summed E-state index contributed by atoms with van der Waals surface area (Å²) in [6.07, 6.45) is 4.69. The second kappa shape index (κ2) is 11.4. The number of benzene rings is 2. The lowest BCUT2D eigenvalue weighted by Gasteiger charge is -2.42. The number of methoxy groups -OCH3 is 1. The highest BCUT2D eigenvalue weighted by Gasteiger charge is 2.41. The SMILES string of the molecule is COc1ccc(S(=O)(=O)N2CCC(COc3ccc(Cl)c(C)c3)(CC(=O)N3CCCCC3)CC2)cc1. The zero-order chi connectivity index (χ0) is 25.8. The third kappa shape index (κ3) is 6.15. The first-order chi connectivity index (χ1) is 17.2. The summed E-state index contributed by atoms with van der Waals surface area (Å²) in [5, 5.41) is 0.675. The van der Waals surface area contributed by atoms with E-state index in [1.807, 2.05) is 30.0 Å². The summed E-state index contributed by atoms with van der Waals surface area (Å²) in [6, 6.07) is 12.0. The predicted molar refractivity (Wildman–Crippen MR) is 140 cm³/mol. The van der Waals surface area contributed by atoms with E-state index in [-0.39, 0.29) is 10.8 Å². The number of ether oxygens (including phenoxy) is 2. The maximum atomic E-state index is 13.3. The van der Waals surface area contributed by atoms with Gasteiger partial charge >= 0.3 is 0 Å². The molecule has 7 nitrogen and oxygen atoms in total. The van der Waals surface area contributed by atoms with Gasteiger partial charge in [-0.25, -0.2) is 8.42 Å². The van der Waals surface area contributed by atoms with Crippen LogP contribution >= 0.6 is 11.6 Å². The normalized spacial score (nSPS) is 18.6. The lowest BCUT2D eigenvalue weighted by molar-refractivity contribution is -0.136. The molecule has 0 bridgehead atoms. The summed E-state index contributed by atoms with van der Waals surface area (Å²) < 4.78 is 39.4. The second-order valence-corrected chi connectivity index (χ2v) is 12.2. The Kier molecular flexibility index (Phi) is 8.48. The van der Waals surface area contributed by atoms with E-state index >= 15 is 0 Å². The van der Waals surface area contributed by atoms with Crippen LogP contribution in [-0.4, -0.2) is 63.4 Å². The molecule has 0 radical (unpaired) electrons. The minimum Gasteiger partial charge on any atom is -0.497 e. The zero-order valence-corrected chi connectivity index (χ0v) is 22.6. The number of hydrogen-bond donors (Lipinski definition) is 0. The first-order valence-electron chi connectivity index (χ1n) is 12.5. The fraction of sp³-hybridized carbons (Fsp3) is 0.519. The van der Waals surface area contributed by atoms with Crippen molar-refractivity contribution < 1.29 is 22.7 Å². The Hall–Kier alpha value is -2.29. The number of likely N-dealkylation sites (tertiary alicyclic amines) is 1. The van der Waals surface area contributed by atoms with Crippen LogP contribution in [0, 0.1) is 12.3 Å². The Morgan fingerprint density at radius 2 is 1.61 bits per heavy atom. The summed E-state index contributed by atoms with van der Waals surface area (Å²) in [5.41, 5.74) is 0.488. The summed E-state index contributed by atoms with van der Waals surface area (Å²) in [5.74, 6) is 1.45. The number of nitrogens with zero attached hydrogens (tertiary/aromatic N) is 2. The van der Waals surface area contributed by atoms with E-state index in [2.05, 4.69) is 0 Å². The van der Waals surface area contributed by atoms with Crippen molar-refractivity contribution in [2.45, 2.75) is 50.3 Å². The number of aryl methyl sites for hydroxylation is 1. The Labute approximate surface area is 219 Å². The molecule has 2 fully saturated rings. The molecule has 9 heteroatoms. The van der Waals surface area contributed by atoms with E-state index in [0.717, 1.165) is 37.9 Å². The quantitative estimate of drug-likeness (QED) is 0.481. The van der Waals surface area contributed by atoms with Crippen LogP contribution in [0.4, 0.5) is 0 Å². The molecule has 2 aromatic carbocycles. The van der Waals surface area contributed by atoms with Crippen molar-refractivity contribution in [1.29, 1.82) is 0 Å². The lowest BCUT2D eigenvalue weighted by atomic mass is 9.76. The maximum absolute atomic E-state index is 13.3. The van der Waals surface area contributed by atoms with Gasteiger partial charge in [0, 0.05) is 43.0 Å². The van der Waals surface area contributed by atoms with Gasteiger partial charge in [-0.2, -0.15) is 4.31 Å². The highest BCUT2D eigenvalue weighted by molar-refractivity contribution is 7.89. The molecule has 1 amide bonds. The topological polar surface area (TPSA) is 76.1 Å². The fourth-order valence-corrected chi connectivity index (χ4v) is 6.55. The summed E-state index contributed by atoms with van der Waals surface area (Å²) in [6.45, 7) is 4.54. The van der Waals surface area contributed by atoms with Gasteiger partial charge in [-0.05, 0) is 87.1 Å². The van der Waals surface area contributed by atoms with Gasteiger partial charge in [-0.3, -0.25) is 4.79 Å². The van der Waals surface area contributed by atoms with E-state index < -0.39 is 15.4 Å². The Morgan fingerprint density at radius 3 is 2.22 bits per heavy atom. The van der Waals surface area contributed by atoms with Gasteiger partial charge in [0.15, 0.2) is 0 Å². The molecule has 0 N–H and O–H groups in total. The average Bonchev–Trinajstić information content (AvgIpc) is 2.90. The number of carbonyl (C=O) groups excluding carboxylic acids is 1. The number of carbonyl (C=O) groups is 1. The van der Waals surface area contributed by atoms with E-state index in [1.54, 1.807) is 31.4 Å². The molecule has 0 aliphatic carbocycles. The number of hydrogen-bond acceptors (Lipinski definition) is 5. The fourth-order valence-electron chi connectivity index (χ4n) is 4.99. The number of amides is 1. The summed E-state index contributed by atoms with van der Waals surface area (Å²) >= 11 is 6.16. The predicted octanol–water partition coefficient (Wildman–Crippen LogP) is 4.91. The van der Waals surface area contributed by atoms with Crippen molar-refractivity contribution in [3.05, 3.63) is 53.1 Å². The molecule has 2 heterocycles. The van der Waals surface area contributed by atoms with Crippen molar-refractivity contribution in [3.8, 4) is 11.5 Å². The molecule has 2 aliphatic rings.